The van der Waals surface area contributed by atoms with Crippen LogP contribution in [0.25, 0.3) is 0 Å². The van der Waals surface area contributed by atoms with E-state index >= 15 is 0 Å². The maximum Gasteiger partial charge on any atom is 0.242 e. The van der Waals surface area contributed by atoms with Gasteiger partial charge in [0.05, 0.1) is 6.54 Å². The Bertz CT molecular complexity index is 288. The van der Waals surface area contributed by atoms with E-state index < -0.39 is 6.04 Å². The molecule has 0 saturated carbocycles. The number of nitrogens with zero attached hydrogens (tertiary/aromatic N) is 2. The first kappa shape index (κ1) is 14.9. The standard InChI is InChI=1S/C12H24N4O2/c1-4-15-5-7-16(8-6-15)9-11(17)14-10(2)12(18)13-3/h10H,4-9H2,1-3H3,(H,13,18)(H,14,17). The average molecular weight is 256 g/mol. The van der Waals surface area contributed by atoms with Crippen LogP contribution in [0.15, 0.2) is 0 Å². The molecule has 0 aromatic carbocycles. The lowest BCUT2D eigenvalue weighted by molar-refractivity contribution is -0.129. The minimum Gasteiger partial charge on any atom is -0.357 e. The molecule has 18 heavy (non-hydrogen) atoms. The summed E-state index contributed by atoms with van der Waals surface area (Å²) in [4.78, 5) is 27.5. The van der Waals surface area contributed by atoms with E-state index in [2.05, 4.69) is 27.4 Å². The van der Waals surface area contributed by atoms with Gasteiger partial charge >= 0.3 is 0 Å². The molecule has 2 amide bonds. The summed E-state index contributed by atoms with van der Waals surface area (Å²) in [6, 6.07) is -0.473. The summed E-state index contributed by atoms with van der Waals surface area (Å²) in [5.74, 6) is -0.254. The molecule has 1 atom stereocenters. The maximum atomic E-state index is 11.7. The third-order valence-electron chi connectivity index (χ3n) is 3.30. The van der Waals surface area contributed by atoms with Crippen molar-refractivity contribution < 1.29 is 9.59 Å². The molecular weight excluding hydrogens is 232 g/mol. The summed E-state index contributed by atoms with van der Waals surface area (Å²) in [6.45, 7) is 9.11. The van der Waals surface area contributed by atoms with E-state index in [1.54, 1.807) is 14.0 Å². The fourth-order valence-electron chi connectivity index (χ4n) is 2.04. The van der Waals surface area contributed by atoms with E-state index in [1.165, 1.54) is 0 Å². The van der Waals surface area contributed by atoms with Gasteiger partial charge in [0.25, 0.3) is 0 Å². The molecule has 6 nitrogen and oxygen atoms in total. The third-order valence-corrected chi connectivity index (χ3v) is 3.30. The van der Waals surface area contributed by atoms with Crippen LogP contribution in [0.3, 0.4) is 0 Å². The highest BCUT2D eigenvalue weighted by atomic mass is 16.2. The highest BCUT2D eigenvalue weighted by molar-refractivity contribution is 5.87. The number of nitrogens with one attached hydrogen (secondary N) is 2. The number of piperazine rings is 1. The van der Waals surface area contributed by atoms with Crippen molar-refractivity contribution >= 4 is 11.8 Å². The van der Waals surface area contributed by atoms with Gasteiger partial charge in [-0.15, -0.1) is 0 Å². The monoisotopic (exact) mass is 256 g/mol. The number of hydrogen-bond acceptors (Lipinski definition) is 4. The fraction of sp³-hybridized carbons (Fsp3) is 0.833. The van der Waals surface area contributed by atoms with Crippen LogP contribution in [0.2, 0.25) is 0 Å². The summed E-state index contributed by atoms with van der Waals surface area (Å²) in [5, 5.41) is 5.21. The van der Waals surface area contributed by atoms with Crippen LogP contribution in [0.1, 0.15) is 13.8 Å². The smallest absolute Gasteiger partial charge is 0.242 e. The number of rotatable bonds is 5. The lowest BCUT2D eigenvalue weighted by Crippen LogP contribution is -2.51. The summed E-state index contributed by atoms with van der Waals surface area (Å²) >= 11 is 0. The van der Waals surface area contributed by atoms with Crippen molar-refractivity contribution in [2.45, 2.75) is 19.9 Å². The molecule has 104 valence electrons. The molecule has 1 fully saturated rings. The molecule has 2 N–H and O–H groups in total. The Morgan fingerprint density at radius 1 is 1.17 bits per heavy atom. The highest BCUT2D eigenvalue weighted by Crippen LogP contribution is 2.00. The van der Waals surface area contributed by atoms with Crippen molar-refractivity contribution in [3.8, 4) is 0 Å². The normalized spacial score (nSPS) is 19.3. The molecule has 0 aromatic heterocycles. The van der Waals surface area contributed by atoms with E-state index in [1.807, 2.05) is 0 Å². The number of carbonyl (C=O) groups excluding carboxylic acids is 2. The fourth-order valence-corrected chi connectivity index (χ4v) is 2.04. The van der Waals surface area contributed by atoms with E-state index in [4.69, 9.17) is 0 Å². The van der Waals surface area contributed by atoms with Gasteiger partial charge in [0.2, 0.25) is 11.8 Å². The predicted molar refractivity (Wildman–Crippen MR) is 70.2 cm³/mol. The van der Waals surface area contributed by atoms with E-state index in [0.29, 0.717) is 6.54 Å². The Morgan fingerprint density at radius 2 is 1.72 bits per heavy atom. The van der Waals surface area contributed by atoms with Crippen LogP contribution in [0, 0.1) is 0 Å². The van der Waals surface area contributed by atoms with Gasteiger partial charge in [-0.3, -0.25) is 14.5 Å². The van der Waals surface area contributed by atoms with Gasteiger partial charge in [-0.05, 0) is 13.5 Å². The van der Waals surface area contributed by atoms with Gasteiger partial charge in [0.15, 0.2) is 0 Å². The van der Waals surface area contributed by atoms with Gasteiger partial charge in [0.1, 0.15) is 6.04 Å². The van der Waals surface area contributed by atoms with Crippen LogP contribution in [-0.2, 0) is 9.59 Å². The molecular formula is C12H24N4O2. The second-order valence-corrected chi connectivity index (χ2v) is 4.61. The van der Waals surface area contributed by atoms with E-state index in [9.17, 15) is 9.59 Å². The Balaban J connectivity index is 2.26. The van der Waals surface area contributed by atoms with Gasteiger partial charge in [-0.2, -0.15) is 0 Å². The van der Waals surface area contributed by atoms with E-state index in [0.717, 1.165) is 32.7 Å². The summed E-state index contributed by atoms with van der Waals surface area (Å²) in [6.07, 6.45) is 0. The summed E-state index contributed by atoms with van der Waals surface area (Å²) in [7, 11) is 1.56. The zero-order chi connectivity index (χ0) is 13.5. The minimum atomic E-state index is -0.473. The van der Waals surface area contributed by atoms with Gasteiger partial charge in [-0.25, -0.2) is 0 Å². The van der Waals surface area contributed by atoms with Crippen LogP contribution in [-0.4, -0.2) is 74.0 Å². The molecule has 0 aliphatic carbocycles. The number of carbonyl (C=O) groups is 2. The first-order valence-electron chi connectivity index (χ1n) is 6.52. The molecule has 1 aliphatic rings. The zero-order valence-electron chi connectivity index (χ0n) is 11.5. The topological polar surface area (TPSA) is 64.7 Å². The number of likely N-dealkylation sites (N-methyl/N-ethyl adjacent to an activating group) is 2. The van der Waals surface area contributed by atoms with Crippen molar-refractivity contribution in [2.24, 2.45) is 0 Å². The second-order valence-electron chi connectivity index (χ2n) is 4.61. The number of amides is 2. The Labute approximate surface area is 109 Å². The highest BCUT2D eigenvalue weighted by Gasteiger charge is 2.19. The molecule has 0 aromatic rings. The summed E-state index contributed by atoms with van der Waals surface area (Å²) < 4.78 is 0. The Morgan fingerprint density at radius 3 is 2.22 bits per heavy atom. The molecule has 6 heteroatoms. The molecule has 1 aliphatic heterocycles. The van der Waals surface area contributed by atoms with Crippen LogP contribution in [0.4, 0.5) is 0 Å². The lowest BCUT2D eigenvalue weighted by atomic mass is 10.3. The Kier molecular flexibility index (Phi) is 6.07. The van der Waals surface area contributed by atoms with Crippen molar-refractivity contribution in [3.05, 3.63) is 0 Å². The third kappa shape index (κ3) is 4.62. The van der Waals surface area contributed by atoms with Crippen LogP contribution in [0.5, 0.6) is 0 Å². The predicted octanol–water partition coefficient (Wildman–Crippen LogP) is -1.13. The zero-order valence-corrected chi connectivity index (χ0v) is 11.5. The molecule has 1 unspecified atom stereocenters. The average Bonchev–Trinajstić information content (AvgIpc) is 2.38. The van der Waals surface area contributed by atoms with Crippen molar-refractivity contribution in [1.82, 2.24) is 20.4 Å². The van der Waals surface area contributed by atoms with Crippen molar-refractivity contribution in [2.75, 3.05) is 46.3 Å². The first-order chi connectivity index (χ1) is 8.56. The largest absolute Gasteiger partial charge is 0.357 e. The Hall–Kier alpha value is -1.14. The molecule has 1 rings (SSSR count). The number of hydrogen-bond donors (Lipinski definition) is 2. The van der Waals surface area contributed by atoms with Gasteiger partial charge in [0, 0.05) is 33.2 Å². The summed E-state index contributed by atoms with van der Waals surface area (Å²) in [5.41, 5.74) is 0. The maximum absolute atomic E-state index is 11.7. The van der Waals surface area contributed by atoms with E-state index in [-0.39, 0.29) is 11.8 Å². The van der Waals surface area contributed by atoms with Crippen LogP contribution >= 0.6 is 0 Å². The minimum absolute atomic E-state index is 0.0870. The molecule has 0 bridgehead atoms. The molecule has 1 heterocycles. The first-order valence-corrected chi connectivity index (χ1v) is 6.52. The lowest BCUT2D eigenvalue weighted by Gasteiger charge is -2.33. The quantitative estimate of drug-likeness (QED) is 0.654. The van der Waals surface area contributed by atoms with Crippen molar-refractivity contribution in [3.63, 3.8) is 0 Å². The van der Waals surface area contributed by atoms with Gasteiger partial charge < -0.3 is 15.5 Å². The van der Waals surface area contributed by atoms with Crippen molar-refractivity contribution in [1.29, 1.82) is 0 Å². The molecule has 0 spiro atoms. The molecule has 0 radical (unpaired) electrons. The van der Waals surface area contributed by atoms with Crippen LogP contribution < -0.4 is 10.6 Å². The second kappa shape index (κ2) is 7.33. The SMILES string of the molecule is CCN1CCN(CC(=O)NC(C)C(=O)NC)CC1. The molecule has 1 saturated heterocycles. The van der Waals surface area contributed by atoms with Gasteiger partial charge in [-0.1, -0.05) is 6.92 Å².